The molecule has 35 heavy (non-hydrogen) atoms. The molecule has 0 bridgehead atoms. The van der Waals surface area contributed by atoms with Gasteiger partial charge in [0.1, 0.15) is 23.6 Å². The third-order valence-corrected chi connectivity index (χ3v) is 6.54. The van der Waals surface area contributed by atoms with Crippen molar-refractivity contribution in [1.29, 1.82) is 0 Å². The molecule has 10 heteroatoms. The fourth-order valence-electron chi connectivity index (χ4n) is 3.77. The normalized spacial score (nSPS) is 14.5. The summed E-state index contributed by atoms with van der Waals surface area (Å²) in [5.41, 5.74) is 1.45. The summed E-state index contributed by atoms with van der Waals surface area (Å²) in [5, 5.41) is 4.51. The molecule has 1 aliphatic heterocycles. The number of benzene rings is 2. The summed E-state index contributed by atoms with van der Waals surface area (Å²) < 4.78 is 17.3. The lowest BCUT2D eigenvalue weighted by molar-refractivity contribution is -0.142. The van der Waals surface area contributed by atoms with Crippen LogP contribution in [0, 0.1) is 0 Å². The molecule has 0 saturated carbocycles. The summed E-state index contributed by atoms with van der Waals surface area (Å²) in [7, 11) is 0. The van der Waals surface area contributed by atoms with Crippen molar-refractivity contribution in [3.8, 4) is 11.5 Å². The molecule has 1 fully saturated rings. The average molecular weight is 517 g/mol. The van der Waals surface area contributed by atoms with Gasteiger partial charge in [-0.1, -0.05) is 17.7 Å². The van der Waals surface area contributed by atoms with E-state index < -0.39 is 6.10 Å². The number of nitrogens with zero attached hydrogens (tertiary/aromatic N) is 3. The van der Waals surface area contributed by atoms with Gasteiger partial charge in [0.25, 0.3) is 5.91 Å². The summed E-state index contributed by atoms with van der Waals surface area (Å²) in [6.07, 6.45) is 3.86. The number of carbonyl (C=O) groups excluding carboxylic acids is 1. The number of aromatic nitrogens is 2. The molecule has 1 saturated heterocycles. The lowest BCUT2D eigenvalue weighted by Crippen LogP contribution is -2.46. The Morgan fingerprint density at radius 2 is 2.06 bits per heavy atom. The van der Waals surface area contributed by atoms with Crippen LogP contribution < -0.4 is 14.8 Å². The van der Waals surface area contributed by atoms with Crippen molar-refractivity contribution >= 4 is 51.7 Å². The van der Waals surface area contributed by atoms with E-state index in [1.54, 1.807) is 29.7 Å². The minimum Gasteiger partial charge on any atom is -0.492 e. The number of thioether (sulfide) groups is 1. The van der Waals surface area contributed by atoms with E-state index in [0.29, 0.717) is 66.2 Å². The predicted octanol–water partition coefficient (Wildman–Crippen LogP) is 4.78. The number of nitrogens with one attached hydrogen (secondary N) is 1. The maximum atomic E-state index is 12.9. The molecule has 1 N–H and O–H groups in total. The number of amides is 1. The van der Waals surface area contributed by atoms with Crippen LogP contribution in [0.1, 0.15) is 13.3 Å². The largest absolute Gasteiger partial charge is 0.492 e. The zero-order valence-electron chi connectivity index (χ0n) is 19.8. The van der Waals surface area contributed by atoms with Crippen LogP contribution in [0.2, 0.25) is 5.02 Å². The number of morpholine rings is 1. The highest BCUT2D eigenvalue weighted by Crippen LogP contribution is 2.34. The molecule has 1 atom stereocenters. The van der Waals surface area contributed by atoms with Crippen LogP contribution in [0.25, 0.3) is 10.9 Å². The van der Waals surface area contributed by atoms with Gasteiger partial charge in [0.15, 0.2) is 6.10 Å². The van der Waals surface area contributed by atoms with Crippen LogP contribution in [-0.4, -0.2) is 71.8 Å². The van der Waals surface area contributed by atoms with E-state index >= 15 is 0 Å². The fourth-order valence-corrected chi connectivity index (χ4v) is 4.41. The number of carbonyl (C=O) groups is 1. The van der Waals surface area contributed by atoms with Crippen LogP contribution in [0.5, 0.6) is 11.5 Å². The Morgan fingerprint density at radius 1 is 1.23 bits per heavy atom. The molecule has 2 aromatic carbocycles. The number of anilines is 2. The fraction of sp³-hybridized carbons (Fsp3) is 0.400. The van der Waals surface area contributed by atoms with Crippen molar-refractivity contribution in [1.82, 2.24) is 14.9 Å². The molecule has 1 aliphatic rings. The monoisotopic (exact) mass is 516 g/mol. The van der Waals surface area contributed by atoms with Gasteiger partial charge in [-0.25, -0.2) is 9.97 Å². The van der Waals surface area contributed by atoms with Gasteiger partial charge < -0.3 is 24.4 Å². The molecule has 186 valence electrons. The predicted molar refractivity (Wildman–Crippen MR) is 140 cm³/mol. The quantitative estimate of drug-likeness (QED) is 0.385. The van der Waals surface area contributed by atoms with Crippen molar-refractivity contribution in [2.45, 2.75) is 19.4 Å². The number of ether oxygens (including phenoxy) is 3. The molecule has 0 spiro atoms. The molecule has 1 aromatic heterocycles. The number of rotatable bonds is 10. The Kier molecular flexibility index (Phi) is 8.90. The van der Waals surface area contributed by atoms with Gasteiger partial charge in [0.05, 0.1) is 35.7 Å². The first-order valence-electron chi connectivity index (χ1n) is 11.5. The second-order valence-electron chi connectivity index (χ2n) is 8.04. The second kappa shape index (κ2) is 12.3. The van der Waals surface area contributed by atoms with E-state index in [9.17, 15) is 4.79 Å². The van der Waals surface area contributed by atoms with E-state index in [4.69, 9.17) is 25.8 Å². The molecular formula is C25H29ClN4O4S. The van der Waals surface area contributed by atoms with Gasteiger partial charge in [-0.15, -0.1) is 0 Å². The van der Waals surface area contributed by atoms with Crippen molar-refractivity contribution in [3.63, 3.8) is 0 Å². The third kappa shape index (κ3) is 6.48. The molecule has 0 aliphatic carbocycles. The SMILES string of the molecule is CSCCCOc1ccc(Nc2ncnc3cccc(OC(C)C(=O)N4CCOCC4)c23)cc1Cl. The van der Waals surface area contributed by atoms with Crippen LogP contribution in [-0.2, 0) is 9.53 Å². The highest BCUT2D eigenvalue weighted by atomic mass is 35.5. The Bertz CT molecular complexity index is 1150. The number of hydrogen-bond donors (Lipinski definition) is 1. The van der Waals surface area contributed by atoms with Crippen LogP contribution in [0.15, 0.2) is 42.7 Å². The molecule has 8 nitrogen and oxygen atoms in total. The summed E-state index contributed by atoms with van der Waals surface area (Å²) in [4.78, 5) is 23.4. The van der Waals surface area contributed by atoms with Crippen molar-refractivity contribution in [2.75, 3.05) is 50.2 Å². The maximum Gasteiger partial charge on any atom is 0.263 e. The number of hydrogen-bond acceptors (Lipinski definition) is 8. The summed E-state index contributed by atoms with van der Waals surface area (Å²) in [6.45, 7) is 4.58. The molecule has 2 heterocycles. The van der Waals surface area contributed by atoms with Gasteiger partial charge >= 0.3 is 0 Å². The van der Waals surface area contributed by atoms with Crippen LogP contribution in [0.4, 0.5) is 11.5 Å². The first-order valence-corrected chi connectivity index (χ1v) is 13.3. The van der Waals surface area contributed by atoms with E-state index in [-0.39, 0.29) is 5.91 Å². The zero-order valence-corrected chi connectivity index (χ0v) is 21.4. The third-order valence-electron chi connectivity index (χ3n) is 5.54. The topological polar surface area (TPSA) is 85.8 Å². The molecule has 0 radical (unpaired) electrons. The van der Waals surface area contributed by atoms with Crippen LogP contribution >= 0.6 is 23.4 Å². The highest BCUT2D eigenvalue weighted by molar-refractivity contribution is 7.98. The van der Waals surface area contributed by atoms with Gasteiger partial charge in [-0.2, -0.15) is 11.8 Å². The Morgan fingerprint density at radius 3 is 2.83 bits per heavy atom. The minimum atomic E-state index is -0.663. The molecule has 4 rings (SSSR count). The molecule has 1 unspecified atom stereocenters. The minimum absolute atomic E-state index is 0.0726. The molecule has 3 aromatic rings. The lowest BCUT2D eigenvalue weighted by atomic mass is 10.2. The van der Waals surface area contributed by atoms with Crippen molar-refractivity contribution in [3.05, 3.63) is 47.7 Å². The van der Waals surface area contributed by atoms with E-state index in [0.717, 1.165) is 17.9 Å². The maximum absolute atomic E-state index is 12.9. The number of fused-ring (bicyclic) bond motifs is 1. The summed E-state index contributed by atoms with van der Waals surface area (Å²) in [6, 6.07) is 11.1. The molecular weight excluding hydrogens is 488 g/mol. The standard InChI is InChI=1S/C25H29ClN4O4S/c1-17(25(31)30-9-12-32-13-10-30)34-22-6-3-5-20-23(22)24(28-16-27-20)29-18-7-8-21(19(26)15-18)33-11-4-14-35-2/h3,5-8,15-17H,4,9-14H2,1-2H3,(H,27,28,29). The van der Waals surface area contributed by atoms with Crippen molar-refractivity contribution in [2.24, 2.45) is 0 Å². The summed E-state index contributed by atoms with van der Waals surface area (Å²) >= 11 is 8.24. The van der Waals surface area contributed by atoms with Crippen molar-refractivity contribution < 1.29 is 19.0 Å². The van der Waals surface area contributed by atoms with E-state index in [1.165, 1.54) is 6.33 Å². The zero-order chi connectivity index (χ0) is 24.6. The highest BCUT2D eigenvalue weighted by Gasteiger charge is 2.25. The second-order valence-corrected chi connectivity index (χ2v) is 9.43. The van der Waals surface area contributed by atoms with Gasteiger partial charge in [0, 0.05) is 18.8 Å². The first-order chi connectivity index (χ1) is 17.1. The van der Waals surface area contributed by atoms with E-state index in [1.807, 2.05) is 30.3 Å². The Labute approximate surface area is 214 Å². The van der Waals surface area contributed by atoms with Gasteiger partial charge in [-0.05, 0) is 55.7 Å². The van der Waals surface area contributed by atoms with Gasteiger partial charge in [-0.3, -0.25) is 4.79 Å². The smallest absolute Gasteiger partial charge is 0.263 e. The average Bonchev–Trinajstić information content (AvgIpc) is 2.88. The number of halogens is 1. The van der Waals surface area contributed by atoms with Crippen LogP contribution in [0.3, 0.4) is 0 Å². The lowest BCUT2D eigenvalue weighted by Gasteiger charge is -2.29. The first kappa shape index (κ1) is 25.3. The van der Waals surface area contributed by atoms with Gasteiger partial charge in [0.2, 0.25) is 0 Å². The molecule has 1 amide bonds. The summed E-state index contributed by atoms with van der Waals surface area (Å²) in [5.74, 6) is 2.70. The Balaban J connectivity index is 1.53. The Hall–Kier alpha value is -2.75. The van der Waals surface area contributed by atoms with E-state index in [2.05, 4.69) is 21.5 Å².